The van der Waals surface area contributed by atoms with E-state index in [1.807, 2.05) is 24.3 Å². The predicted molar refractivity (Wildman–Crippen MR) is 57.8 cm³/mol. The van der Waals surface area contributed by atoms with E-state index >= 15 is 0 Å². The van der Waals surface area contributed by atoms with E-state index in [9.17, 15) is 4.79 Å². The third kappa shape index (κ3) is 2.66. The number of hydrogen-bond acceptors (Lipinski definition) is 1. The second-order valence-corrected chi connectivity index (χ2v) is 4.38. The van der Waals surface area contributed by atoms with Crippen molar-refractivity contribution in [3.8, 4) is 0 Å². The van der Waals surface area contributed by atoms with Crippen molar-refractivity contribution >= 4 is 22.2 Å². The molecular formula is C11H13BrO. The van der Waals surface area contributed by atoms with Gasteiger partial charge < -0.3 is 4.79 Å². The lowest BCUT2D eigenvalue weighted by molar-refractivity contribution is -0.109. The van der Waals surface area contributed by atoms with Gasteiger partial charge in [-0.3, -0.25) is 0 Å². The normalized spacial score (nSPS) is 12.9. The molecule has 0 heterocycles. The van der Waals surface area contributed by atoms with Gasteiger partial charge in [-0.25, -0.2) is 0 Å². The molecule has 0 amide bonds. The van der Waals surface area contributed by atoms with Crippen molar-refractivity contribution < 1.29 is 4.79 Å². The second kappa shape index (κ2) is 4.56. The van der Waals surface area contributed by atoms with Gasteiger partial charge in [0.05, 0.1) is 0 Å². The van der Waals surface area contributed by atoms with Crippen LogP contribution < -0.4 is 0 Å². The molecule has 1 rings (SSSR count). The monoisotopic (exact) mass is 240 g/mol. The highest BCUT2D eigenvalue weighted by Crippen LogP contribution is 2.24. The van der Waals surface area contributed by atoms with E-state index in [0.29, 0.717) is 5.92 Å². The molecule has 0 aliphatic carbocycles. The lowest BCUT2D eigenvalue weighted by atomic mass is 9.90. The first-order valence-electron chi connectivity index (χ1n) is 4.36. The maximum atomic E-state index is 10.8. The minimum atomic E-state index is 0.0116. The van der Waals surface area contributed by atoms with Gasteiger partial charge in [-0.2, -0.15) is 0 Å². The number of benzene rings is 1. The first kappa shape index (κ1) is 10.5. The van der Waals surface area contributed by atoms with Crippen molar-refractivity contribution in [2.75, 3.05) is 0 Å². The Balaban J connectivity index is 2.98. The van der Waals surface area contributed by atoms with E-state index in [4.69, 9.17) is 0 Å². The van der Waals surface area contributed by atoms with Gasteiger partial charge in [0, 0.05) is 10.4 Å². The maximum Gasteiger partial charge on any atom is 0.127 e. The topological polar surface area (TPSA) is 17.1 Å². The van der Waals surface area contributed by atoms with E-state index < -0.39 is 0 Å². The Morgan fingerprint density at radius 2 is 2.08 bits per heavy atom. The van der Waals surface area contributed by atoms with Crippen molar-refractivity contribution in [2.45, 2.75) is 19.8 Å². The Labute approximate surface area is 87.3 Å². The molecule has 1 nitrogen and oxygen atoms in total. The first-order valence-corrected chi connectivity index (χ1v) is 5.15. The Kier molecular flexibility index (Phi) is 3.67. The summed E-state index contributed by atoms with van der Waals surface area (Å²) in [5, 5.41) is 0. The van der Waals surface area contributed by atoms with Crippen LogP contribution in [0.15, 0.2) is 28.7 Å². The van der Waals surface area contributed by atoms with Crippen LogP contribution in [-0.4, -0.2) is 6.29 Å². The highest BCUT2D eigenvalue weighted by atomic mass is 79.9. The molecule has 0 aromatic heterocycles. The third-order valence-electron chi connectivity index (χ3n) is 2.10. The van der Waals surface area contributed by atoms with Crippen LogP contribution in [0.4, 0.5) is 0 Å². The van der Waals surface area contributed by atoms with Crippen molar-refractivity contribution in [2.24, 2.45) is 5.92 Å². The summed E-state index contributed by atoms with van der Waals surface area (Å²) in [5.41, 5.74) is 1.08. The molecule has 1 aromatic rings. The fourth-order valence-electron chi connectivity index (χ4n) is 1.33. The number of carbonyl (C=O) groups excluding carboxylic acids is 1. The lowest BCUT2D eigenvalue weighted by Crippen LogP contribution is -2.07. The molecule has 0 N–H and O–H groups in total. The third-order valence-corrected chi connectivity index (χ3v) is 2.59. The Morgan fingerprint density at radius 3 is 2.54 bits per heavy atom. The zero-order valence-electron chi connectivity index (χ0n) is 7.83. The van der Waals surface area contributed by atoms with E-state index in [1.54, 1.807) is 0 Å². The molecule has 70 valence electrons. The van der Waals surface area contributed by atoms with Gasteiger partial charge in [0.15, 0.2) is 0 Å². The molecule has 1 unspecified atom stereocenters. The first-order chi connectivity index (χ1) is 6.15. The Hall–Kier alpha value is -0.630. The molecule has 0 spiro atoms. The fraction of sp³-hybridized carbons (Fsp3) is 0.364. The molecule has 1 aromatic carbocycles. The van der Waals surface area contributed by atoms with Gasteiger partial charge >= 0.3 is 0 Å². The van der Waals surface area contributed by atoms with Crippen LogP contribution in [-0.2, 0) is 4.79 Å². The van der Waals surface area contributed by atoms with Crippen LogP contribution in [0.5, 0.6) is 0 Å². The summed E-state index contributed by atoms with van der Waals surface area (Å²) < 4.78 is 1.03. The molecule has 0 saturated carbocycles. The van der Waals surface area contributed by atoms with E-state index in [-0.39, 0.29) is 5.92 Å². The Bertz CT molecular complexity index is 294. The molecular weight excluding hydrogens is 228 g/mol. The van der Waals surface area contributed by atoms with Crippen LogP contribution in [0, 0.1) is 5.92 Å². The molecule has 13 heavy (non-hydrogen) atoms. The number of carbonyl (C=O) groups is 1. The zero-order valence-corrected chi connectivity index (χ0v) is 9.41. The predicted octanol–water partition coefficient (Wildman–Crippen LogP) is 3.39. The SMILES string of the molecule is CC(C)C(C=O)c1cccc(Br)c1. The molecule has 0 bridgehead atoms. The summed E-state index contributed by atoms with van der Waals surface area (Å²) in [7, 11) is 0. The van der Waals surface area contributed by atoms with Crippen LogP contribution in [0.1, 0.15) is 25.3 Å². The highest BCUT2D eigenvalue weighted by Gasteiger charge is 2.14. The fourth-order valence-corrected chi connectivity index (χ4v) is 1.75. The van der Waals surface area contributed by atoms with Gasteiger partial charge in [-0.15, -0.1) is 0 Å². The largest absolute Gasteiger partial charge is 0.303 e. The van der Waals surface area contributed by atoms with Gasteiger partial charge in [-0.05, 0) is 23.6 Å². The summed E-state index contributed by atoms with van der Waals surface area (Å²) in [5.74, 6) is 0.365. The van der Waals surface area contributed by atoms with E-state index in [2.05, 4.69) is 29.8 Å². The molecule has 0 fully saturated rings. The van der Waals surface area contributed by atoms with E-state index in [1.165, 1.54) is 0 Å². The number of aldehydes is 1. The summed E-state index contributed by atoms with van der Waals surface area (Å²) in [4.78, 5) is 10.8. The summed E-state index contributed by atoms with van der Waals surface area (Å²) >= 11 is 3.39. The van der Waals surface area contributed by atoms with Gasteiger partial charge in [0.2, 0.25) is 0 Å². The number of hydrogen-bond donors (Lipinski definition) is 0. The van der Waals surface area contributed by atoms with Crippen LogP contribution >= 0.6 is 15.9 Å². The van der Waals surface area contributed by atoms with Gasteiger partial charge in [0.1, 0.15) is 6.29 Å². The minimum absolute atomic E-state index is 0.0116. The second-order valence-electron chi connectivity index (χ2n) is 3.46. The molecule has 0 aliphatic rings. The molecule has 1 atom stereocenters. The summed E-state index contributed by atoms with van der Waals surface area (Å²) in [6.07, 6.45) is 1.02. The van der Waals surface area contributed by atoms with Crippen molar-refractivity contribution in [3.05, 3.63) is 34.3 Å². The maximum absolute atomic E-state index is 10.8. The van der Waals surface area contributed by atoms with Gasteiger partial charge in [0.25, 0.3) is 0 Å². The smallest absolute Gasteiger partial charge is 0.127 e. The van der Waals surface area contributed by atoms with Crippen LogP contribution in [0.2, 0.25) is 0 Å². The molecule has 0 saturated heterocycles. The lowest BCUT2D eigenvalue weighted by Gasteiger charge is -2.14. The average molecular weight is 241 g/mol. The molecule has 0 radical (unpaired) electrons. The zero-order chi connectivity index (χ0) is 9.84. The van der Waals surface area contributed by atoms with E-state index in [0.717, 1.165) is 16.3 Å². The minimum Gasteiger partial charge on any atom is -0.303 e. The molecule has 2 heteroatoms. The standard InChI is InChI=1S/C11H13BrO/c1-8(2)11(7-13)9-4-3-5-10(12)6-9/h3-8,11H,1-2H3. The van der Waals surface area contributed by atoms with Crippen molar-refractivity contribution in [3.63, 3.8) is 0 Å². The summed E-state index contributed by atoms with van der Waals surface area (Å²) in [6, 6.07) is 7.91. The quantitative estimate of drug-likeness (QED) is 0.741. The van der Waals surface area contributed by atoms with Crippen LogP contribution in [0.25, 0.3) is 0 Å². The highest BCUT2D eigenvalue weighted by molar-refractivity contribution is 9.10. The van der Waals surface area contributed by atoms with Crippen molar-refractivity contribution in [1.29, 1.82) is 0 Å². The Morgan fingerprint density at radius 1 is 1.38 bits per heavy atom. The van der Waals surface area contributed by atoms with Crippen molar-refractivity contribution in [1.82, 2.24) is 0 Å². The molecule has 0 aliphatic heterocycles. The number of halogens is 1. The summed E-state index contributed by atoms with van der Waals surface area (Å²) in [6.45, 7) is 4.11. The average Bonchev–Trinajstić information content (AvgIpc) is 2.04. The van der Waals surface area contributed by atoms with Crippen LogP contribution in [0.3, 0.4) is 0 Å². The number of rotatable bonds is 3. The van der Waals surface area contributed by atoms with Gasteiger partial charge in [-0.1, -0.05) is 41.9 Å².